The quantitative estimate of drug-likeness (QED) is 0.181. The molecule has 128 valence electrons. The maximum atomic E-state index is 11.4. The minimum absolute atomic E-state index is 0. The Morgan fingerprint density at radius 3 is 2.04 bits per heavy atom. The van der Waals surface area contributed by atoms with E-state index in [0.29, 0.717) is 6.42 Å². The predicted molar refractivity (Wildman–Crippen MR) is 84.8 cm³/mol. The van der Waals surface area contributed by atoms with Crippen LogP contribution in [0.2, 0.25) is 0 Å². The molecule has 0 saturated heterocycles. The SMILES string of the molecule is CCCCCCCCCCCC([O-])=NCC(=O)NCC(=O)O.[Na+]. The Hall–Kier alpha value is -0.590. The number of aliphatic carboxylic acids is 1. The summed E-state index contributed by atoms with van der Waals surface area (Å²) in [6.45, 7) is 1.47. The molecule has 0 aliphatic carbocycles. The number of carboxylic acids is 1. The number of amides is 1. The fourth-order valence-corrected chi connectivity index (χ4v) is 2.06. The third-order valence-corrected chi connectivity index (χ3v) is 3.33. The largest absolute Gasteiger partial charge is 1.00 e. The zero-order valence-corrected chi connectivity index (χ0v) is 16.6. The van der Waals surface area contributed by atoms with E-state index in [2.05, 4.69) is 17.2 Å². The molecule has 0 radical (unpaired) electrons. The van der Waals surface area contributed by atoms with Gasteiger partial charge in [0.05, 0.1) is 0 Å². The predicted octanol–water partition coefficient (Wildman–Crippen LogP) is -1.13. The van der Waals surface area contributed by atoms with E-state index in [-0.39, 0.29) is 42.0 Å². The van der Waals surface area contributed by atoms with Crippen LogP contribution in [0.3, 0.4) is 0 Å². The van der Waals surface area contributed by atoms with Gasteiger partial charge in [-0.1, -0.05) is 58.3 Å². The number of nitrogens with one attached hydrogen (secondary N) is 1. The van der Waals surface area contributed by atoms with Crippen molar-refractivity contribution in [2.24, 2.45) is 4.99 Å². The molecule has 6 nitrogen and oxygen atoms in total. The topological polar surface area (TPSA) is 102 Å². The summed E-state index contributed by atoms with van der Waals surface area (Å²) >= 11 is 0. The Balaban J connectivity index is 0. The van der Waals surface area contributed by atoms with Crippen molar-refractivity contribution in [3.63, 3.8) is 0 Å². The number of unbranched alkanes of at least 4 members (excludes halogenated alkanes) is 8. The second-order valence-electron chi connectivity index (χ2n) is 5.46. The molecular weight excluding hydrogens is 307 g/mol. The molecule has 0 rings (SSSR count). The minimum Gasteiger partial charge on any atom is -0.862 e. The van der Waals surface area contributed by atoms with Gasteiger partial charge in [-0.3, -0.25) is 14.6 Å². The van der Waals surface area contributed by atoms with Crippen molar-refractivity contribution in [3.8, 4) is 0 Å². The molecule has 0 saturated carbocycles. The van der Waals surface area contributed by atoms with Gasteiger partial charge in [-0.2, -0.15) is 0 Å². The van der Waals surface area contributed by atoms with Gasteiger partial charge in [0.2, 0.25) is 5.91 Å². The van der Waals surface area contributed by atoms with Crippen LogP contribution in [-0.2, 0) is 9.59 Å². The first kappa shape index (κ1) is 24.7. The van der Waals surface area contributed by atoms with Crippen molar-refractivity contribution in [1.29, 1.82) is 0 Å². The second kappa shape index (κ2) is 17.8. The average molecular weight is 336 g/mol. The fraction of sp³-hybridized carbons (Fsp3) is 0.812. The van der Waals surface area contributed by atoms with Gasteiger partial charge in [0.15, 0.2) is 0 Å². The number of rotatable bonds is 14. The molecule has 0 aromatic carbocycles. The van der Waals surface area contributed by atoms with Crippen molar-refractivity contribution < 1.29 is 49.4 Å². The molecule has 2 N–H and O–H groups in total. The smallest absolute Gasteiger partial charge is 0.862 e. The van der Waals surface area contributed by atoms with Crippen molar-refractivity contribution in [3.05, 3.63) is 0 Å². The van der Waals surface area contributed by atoms with E-state index in [9.17, 15) is 14.7 Å². The van der Waals surface area contributed by atoms with Crippen LogP contribution in [0.5, 0.6) is 0 Å². The van der Waals surface area contributed by atoms with Gasteiger partial charge in [0.1, 0.15) is 13.1 Å². The van der Waals surface area contributed by atoms with Crippen LogP contribution in [0.4, 0.5) is 0 Å². The first-order chi connectivity index (χ1) is 10.6. The van der Waals surface area contributed by atoms with Crippen LogP contribution in [0.1, 0.15) is 71.1 Å². The van der Waals surface area contributed by atoms with E-state index in [0.717, 1.165) is 19.3 Å². The van der Waals surface area contributed by atoms with Crippen molar-refractivity contribution in [2.75, 3.05) is 13.1 Å². The summed E-state index contributed by atoms with van der Waals surface area (Å²) in [5, 5.41) is 22.0. The summed E-state index contributed by atoms with van der Waals surface area (Å²) in [5.41, 5.74) is 0. The summed E-state index contributed by atoms with van der Waals surface area (Å²) in [7, 11) is 0. The van der Waals surface area contributed by atoms with Crippen LogP contribution >= 0.6 is 0 Å². The van der Waals surface area contributed by atoms with Crippen LogP contribution in [-0.4, -0.2) is 36.0 Å². The summed E-state index contributed by atoms with van der Waals surface area (Å²) in [5.74, 6) is -1.94. The number of carboxylic acid groups (broad SMARTS) is 1. The number of aliphatic imine (C=N–C) groups is 1. The van der Waals surface area contributed by atoms with Crippen molar-refractivity contribution >= 4 is 17.8 Å². The molecule has 0 aliphatic rings. The number of hydrogen-bond acceptors (Lipinski definition) is 4. The van der Waals surface area contributed by atoms with E-state index >= 15 is 0 Å². The zero-order valence-electron chi connectivity index (χ0n) is 14.6. The number of hydrogen-bond donors (Lipinski definition) is 2. The standard InChI is InChI=1S/C16H30N2O4.Na/c1-2-3-4-5-6-7-8-9-10-11-14(19)17-12-15(20)18-13-16(21)22;/h2-13H2,1H3,(H,17,19)(H,18,20)(H,21,22);/q;+1/p-1. The maximum Gasteiger partial charge on any atom is 1.00 e. The van der Waals surface area contributed by atoms with Crippen LogP contribution in [0, 0.1) is 0 Å². The molecule has 0 bridgehead atoms. The molecule has 0 fully saturated rings. The molecule has 7 heteroatoms. The fourth-order valence-electron chi connectivity index (χ4n) is 2.06. The summed E-state index contributed by atoms with van der Waals surface area (Å²) < 4.78 is 0. The Labute approximate surface area is 161 Å². The van der Waals surface area contributed by atoms with Crippen molar-refractivity contribution in [1.82, 2.24) is 5.32 Å². The summed E-state index contributed by atoms with van der Waals surface area (Å²) in [4.78, 5) is 25.0. The van der Waals surface area contributed by atoms with E-state index in [1.54, 1.807) is 0 Å². The van der Waals surface area contributed by atoms with Crippen molar-refractivity contribution in [2.45, 2.75) is 71.1 Å². The van der Waals surface area contributed by atoms with Crippen LogP contribution in [0.25, 0.3) is 0 Å². The van der Waals surface area contributed by atoms with Gasteiger partial charge >= 0.3 is 35.5 Å². The molecule has 0 heterocycles. The van der Waals surface area contributed by atoms with Gasteiger partial charge in [-0.05, 0) is 18.7 Å². The number of carbonyl (C=O) groups excluding carboxylic acids is 1. The Bertz CT molecular complexity index is 349. The number of nitrogens with zero attached hydrogens (tertiary/aromatic N) is 1. The number of carbonyl (C=O) groups is 2. The first-order valence-corrected chi connectivity index (χ1v) is 8.25. The molecule has 0 spiro atoms. The monoisotopic (exact) mass is 336 g/mol. The van der Waals surface area contributed by atoms with Crippen LogP contribution < -0.4 is 40.0 Å². The molecule has 0 unspecified atom stereocenters. The average Bonchev–Trinajstić information content (AvgIpc) is 2.49. The molecule has 0 aromatic rings. The van der Waals surface area contributed by atoms with E-state index in [1.165, 1.54) is 38.5 Å². The first-order valence-electron chi connectivity index (χ1n) is 8.25. The molecular formula is C16H29N2NaO4. The normalized spacial score (nSPS) is 10.9. The van der Waals surface area contributed by atoms with Gasteiger partial charge in [0.25, 0.3) is 0 Å². The van der Waals surface area contributed by atoms with E-state index in [4.69, 9.17) is 5.11 Å². The van der Waals surface area contributed by atoms with E-state index in [1.807, 2.05) is 0 Å². The summed E-state index contributed by atoms with van der Waals surface area (Å²) in [6.07, 6.45) is 11.0. The minimum atomic E-state index is -1.12. The molecule has 1 amide bonds. The third kappa shape index (κ3) is 19.4. The molecule has 0 aromatic heterocycles. The zero-order chi connectivity index (χ0) is 16.6. The molecule has 23 heavy (non-hydrogen) atoms. The Kier molecular flexibility index (Phi) is 19.0. The molecule has 0 aliphatic heterocycles. The Morgan fingerprint density at radius 2 is 1.52 bits per heavy atom. The van der Waals surface area contributed by atoms with Gasteiger partial charge in [-0.25, -0.2) is 0 Å². The van der Waals surface area contributed by atoms with Gasteiger partial charge in [-0.15, -0.1) is 0 Å². The van der Waals surface area contributed by atoms with Gasteiger partial charge in [0, 0.05) is 0 Å². The van der Waals surface area contributed by atoms with Crippen LogP contribution in [0.15, 0.2) is 4.99 Å². The van der Waals surface area contributed by atoms with Gasteiger partial charge < -0.3 is 15.5 Å². The third-order valence-electron chi connectivity index (χ3n) is 3.33. The molecule has 0 atom stereocenters. The van der Waals surface area contributed by atoms with E-state index < -0.39 is 18.4 Å². The maximum absolute atomic E-state index is 11.4. The Morgan fingerprint density at radius 1 is 1.00 bits per heavy atom. The summed E-state index contributed by atoms with van der Waals surface area (Å²) in [6, 6.07) is 0. The second-order valence-corrected chi connectivity index (χ2v) is 5.46.